The molecule has 3 heteroatoms. The van der Waals surface area contributed by atoms with Crippen molar-refractivity contribution in [2.75, 3.05) is 7.05 Å². The molecule has 0 saturated heterocycles. The molecule has 0 aliphatic heterocycles. The molecule has 1 heterocycles. The standard InChI is InChI=1S/C13H21BrN2/c1-13(2,3)8-7-11(15-4)12-6-5-10(14)9-16-12/h5-6,9,11,15H,7-8H2,1-4H3. The van der Waals surface area contributed by atoms with Crippen molar-refractivity contribution in [2.45, 2.75) is 39.7 Å². The Labute approximate surface area is 107 Å². The lowest BCUT2D eigenvalue weighted by atomic mass is 9.88. The number of hydrogen-bond donors (Lipinski definition) is 1. The van der Waals surface area contributed by atoms with E-state index in [1.54, 1.807) is 0 Å². The molecule has 1 atom stereocenters. The Kier molecular flexibility index (Phi) is 4.93. The van der Waals surface area contributed by atoms with Gasteiger partial charge in [-0.3, -0.25) is 4.98 Å². The predicted octanol–water partition coefficient (Wildman–Crippen LogP) is 3.93. The number of pyridine rings is 1. The van der Waals surface area contributed by atoms with Crippen LogP contribution in [0.4, 0.5) is 0 Å². The van der Waals surface area contributed by atoms with Gasteiger partial charge in [0.1, 0.15) is 0 Å². The Morgan fingerprint density at radius 3 is 2.50 bits per heavy atom. The van der Waals surface area contributed by atoms with Gasteiger partial charge in [0.15, 0.2) is 0 Å². The molecule has 0 fully saturated rings. The summed E-state index contributed by atoms with van der Waals surface area (Å²) in [6, 6.07) is 4.48. The second-order valence-electron chi connectivity index (χ2n) is 5.34. The highest BCUT2D eigenvalue weighted by Gasteiger charge is 2.16. The molecule has 1 aromatic heterocycles. The summed E-state index contributed by atoms with van der Waals surface area (Å²) in [5.41, 5.74) is 1.50. The molecule has 0 radical (unpaired) electrons. The first kappa shape index (κ1) is 13.7. The van der Waals surface area contributed by atoms with Crippen LogP contribution in [0.25, 0.3) is 0 Å². The van der Waals surface area contributed by atoms with Crippen molar-refractivity contribution in [3.63, 3.8) is 0 Å². The molecule has 0 aliphatic rings. The van der Waals surface area contributed by atoms with E-state index in [4.69, 9.17) is 0 Å². The van der Waals surface area contributed by atoms with Crippen LogP contribution in [0.15, 0.2) is 22.8 Å². The number of hydrogen-bond acceptors (Lipinski definition) is 2. The summed E-state index contributed by atoms with van der Waals surface area (Å²) >= 11 is 3.40. The van der Waals surface area contributed by atoms with Gasteiger partial charge >= 0.3 is 0 Å². The molecule has 0 aliphatic carbocycles. The SMILES string of the molecule is CNC(CCC(C)(C)C)c1ccc(Br)cn1. The average molecular weight is 285 g/mol. The maximum atomic E-state index is 4.44. The van der Waals surface area contributed by atoms with Crippen LogP contribution in [-0.4, -0.2) is 12.0 Å². The third-order valence-electron chi connectivity index (χ3n) is 2.64. The number of nitrogens with zero attached hydrogens (tertiary/aromatic N) is 1. The van der Waals surface area contributed by atoms with E-state index in [1.165, 1.54) is 6.42 Å². The van der Waals surface area contributed by atoms with Crippen LogP contribution in [0.1, 0.15) is 45.3 Å². The highest BCUT2D eigenvalue weighted by atomic mass is 79.9. The Hall–Kier alpha value is -0.410. The number of rotatable bonds is 4. The summed E-state index contributed by atoms with van der Waals surface area (Å²) in [6.07, 6.45) is 4.17. The third kappa shape index (κ3) is 4.62. The van der Waals surface area contributed by atoms with E-state index in [2.05, 4.69) is 53.1 Å². The van der Waals surface area contributed by atoms with Crippen molar-refractivity contribution < 1.29 is 0 Å². The molecule has 0 spiro atoms. The molecule has 1 rings (SSSR count). The highest BCUT2D eigenvalue weighted by Crippen LogP contribution is 2.26. The van der Waals surface area contributed by atoms with Crippen LogP contribution in [0.5, 0.6) is 0 Å². The van der Waals surface area contributed by atoms with Gasteiger partial charge < -0.3 is 5.32 Å². The Balaban J connectivity index is 2.64. The van der Waals surface area contributed by atoms with Crippen molar-refractivity contribution in [1.82, 2.24) is 10.3 Å². The predicted molar refractivity (Wildman–Crippen MR) is 72.4 cm³/mol. The van der Waals surface area contributed by atoms with Gasteiger partial charge in [-0.05, 0) is 53.4 Å². The van der Waals surface area contributed by atoms with Crippen molar-refractivity contribution in [3.05, 3.63) is 28.5 Å². The summed E-state index contributed by atoms with van der Waals surface area (Å²) < 4.78 is 1.03. The fourth-order valence-corrected chi connectivity index (χ4v) is 1.85. The molecule has 1 aromatic rings. The van der Waals surface area contributed by atoms with E-state index < -0.39 is 0 Å². The van der Waals surface area contributed by atoms with Crippen LogP contribution >= 0.6 is 15.9 Å². The third-order valence-corrected chi connectivity index (χ3v) is 3.11. The van der Waals surface area contributed by atoms with Crippen LogP contribution in [0.2, 0.25) is 0 Å². The fourth-order valence-electron chi connectivity index (χ4n) is 1.61. The summed E-state index contributed by atoms with van der Waals surface area (Å²) in [6.45, 7) is 6.82. The smallest absolute Gasteiger partial charge is 0.0573 e. The average Bonchev–Trinajstić information content (AvgIpc) is 2.20. The van der Waals surface area contributed by atoms with Crippen LogP contribution in [-0.2, 0) is 0 Å². The molecule has 16 heavy (non-hydrogen) atoms. The number of halogens is 1. The van der Waals surface area contributed by atoms with E-state index in [1.807, 2.05) is 19.3 Å². The van der Waals surface area contributed by atoms with Crippen LogP contribution < -0.4 is 5.32 Å². The highest BCUT2D eigenvalue weighted by molar-refractivity contribution is 9.10. The second kappa shape index (κ2) is 5.78. The Morgan fingerprint density at radius 1 is 1.38 bits per heavy atom. The van der Waals surface area contributed by atoms with Gasteiger partial charge in [-0.15, -0.1) is 0 Å². The fraction of sp³-hybridized carbons (Fsp3) is 0.615. The number of aromatic nitrogens is 1. The summed E-state index contributed by atoms with van der Waals surface area (Å²) in [5, 5.41) is 3.33. The van der Waals surface area contributed by atoms with E-state index in [9.17, 15) is 0 Å². The molecule has 1 N–H and O–H groups in total. The van der Waals surface area contributed by atoms with Crippen molar-refractivity contribution >= 4 is 15.9 Å². The Morgan fingerprint density at radius 2 is 2.06 bits per heavy atom. The van der Waals surface area contributed by atoms with Gasteiger partial charge in [0, 0.05) is 16.7 Å². The molecular weight excluding hydrogens is 264 g/mol. The van der Waals surface area contributed by atoms with E-state index in [-0.39, 0.29) is 0 Å². The quantitative estimate of drug-likeness (QED) is 0.906. The molecule has 0 saturated carbocycles. The first-order valence-corrected chi connectivity index (χ1v) is 6.50. The van der Waals surface area contributed by atoms with Crippen LogP contribution in [0, 0.1) is 5.41 Å². The lowest BCUT2D eigenvalue weighted by Gasteiger charge is -2.22. The van der Waals surface area contributed by atoms with Gasteiger partial charge in [0.05, 0.1) is 5.69 Å². The molecule has 1 unspecified atom stereocenters. The molecule has 0 amide bonds. The molecule has 2 nitrogen and oxygen atoms in total. The summed E-state index contributed by atoms with van der Waals surface area (Å²) in [7, 11) is 2.00. The number of nitrogens with one attached hydrogen (secondary N) is 1. The molecule has 0 bridgehead atoms. The zero-order valence-corrected chi connectivity index (χ0v) is 12.1. The second-order valence-corrected chi connectivity index (χ2v) is 6.26. The largest absolute Gasteiger partial charge is 0.312 e. The van der Waals surface area contributed by atoms with Gasteiger partial charge in [-0.25, -0.2) is 0 Å². The topological polar surface area (TPSA) is 24.9 Å². The van der Waals surface area contributed by atoms with Crippen LogP contribution in [0.3, 0.4) is 0 Å². The van der Waals surface area contributed by atoms with E-state index >= 15 is 0 Å². The molecule has 90 valence electrons. The minimum atomic E-state index is 0.354. The monoisotopic (exact) mass is 284 g/mol. The Bertz CT molecular complexity index is 314. The minimum absolute atomic E-state index is 0.354. The normalized spacial score (nSPS) is 13.8. The van der Waals surface area contributed by atoms with Gasteiger partial charge in [0.25, 0.3) is 0 Å². The maximum absolute atomic E-state index is 4.44. The summed E-state index contributed by atoms with van der Waals surface area (Å²) in [5.74, 6) is 0. The lowest BCUT2D eigenvalue weighted by molar-refractivity contribution is 0.336. The zero-order valence-electron chi connectivity index (χ0n) is 10.5. The zero-order chi connectivity index (χ0) is 12.2. The van der Waals surface area contributed by atoms with Crippen molar-refractivity contribution in [1.29, 1.82) is 0 Å². The molecular formula is C13H21BrN2. The molecule has 0 aromatic carbocycles. The lowest BCUT2D eigenvalue weighted by Crippen LogP contribution is -2.19. The van der Waals surface area contributed by atoms with Crippen molar-refractivity contribution in [2.24, 2.45) is 5.41 Å². The maximum Gasteiger partial charge on any atom is 0.0573 e. The van der Waals surface area contributed by atoms with Gasteiger partial charge in [-0.1, -0.05) is 20.8 Å². The van der Waals surface area contributed by atoms with E-state index in [0.29, 0.717) is 11.5 Å². The minimum Gasteiger partial charge on any atom is -0.312 e. The first-order valence-electron chi connectivity index (χ1n) is 5.71. The van der Waals surface area contributed by atoms with Gasteiger partial charge in [0.2, 0.25) is 0 Å². The van der Waals surface area contributed by atoms with E-state index in [0.717, 1.165) is 16.6 Å². The first-order chi connectivity index (χ1) is 7.42. The van der Waals surface area contributed by atoms with Gasteiger partial charge in [-0.2, -0.15) is 0 Å². The van der Waals surface area contributed by atoms with Crippen molar-refractivity contribution in [3.8, 4) is 0 Å². The summed E-state index contributed by atoms with van der Waals surface area (Å²) in [4.78, 5) is 4.44.